The van der Waals surface area contributed by atoms with E-state index in [1.807, 2.05) is 0 Å². The Morgan fingerprint density at radius 1 is 0.947 bits per heavy atom. The van der Waals surface area contributed by atoms with E-state index in [9.17, 15) is 19.2 Å². The van der Waals surface area contributed by atoms with Crippen LogP contribution in [0.5, 0.6) is 5.75 Å². The first-order valence-corrected chi connectivity index (χ1v) is 13.3. The molecule has 1 fully saturated rings. The number of ether oxygens (including phenoxy) is 1. The number of rotatable bonds is 6. The topological polar surface area (TPSA) is 105 Å². The van der Waals surface area contributed by atoms with E-state index in [0.717, 1.165) is 4.90 Å². The van der Waals surface area contributed by atoms with Gasteiger partial charge < -0.3 is 10.1 Å². The standard InChI is InChI=1S/C25H14Br2Cl3N3O5/c26-15-8-12(9-16(27)22(15)38-11-21(34)31-20-4-2-1-3-18(20)29)7-14-23(35)32-25(37)33(24(14)36)13-5-6-17(28)19(30)10-13/h1-10H,11H2,(H,31,34)(H,32,35,37)/b14-7-. The van der Waals surface area contributed by atoms with Crippen LogP contribution < -0.4 is 20.3 Å². The quantitative estimate of drug-likeness (QED) is 0.216. The van der Waals surface area contributed by atoms with Crippen LogP contribution in [0.3, 0.4) is 0 Å². The van der Waals surface area contributed by atoms with Crippen molar-refractivity contribution in [3.8, 4) is 5.75 Å². The van der Waals surface area contributed by atoms with E-state index in [2.05, 4.69) is 42.5 Å². The molecule has 3 aromatic carbocycles. The monoisotopic (exact) mass is 699 g/mol. The molecule has 5 amide bonds. The molecule has 3 aromatic rings. The molecule has 0 aromatic heterocycles. The second kappa shape index (κ2) is 11.9. The molecule has 0 radical (unpaired) electrons. The van der Waals surface area contributed by atoms with Crippen molar-refractivity contribution in [2.24, 2.45) is 0 Å². The maximum absolute atomic E-state index is 13.1. The van der Waals surface area contributed by atoms with Crippen LogP contribution in [-0.2, 0) is 14.4 Å². The van der Waals surface area contributed by atoms with Gasteiger partial charge in [0.25, 0.3) is 17.7 Å². The molecule has 0 spiro atoms. The molecule has 0 unspecified atom stereocenters. The minimum atomic E-state index is -0.920. The number of urea groups is 1. The molecular formula is C25H14Br2Cl3N3O5. The summed E-state index contributed by atoms with van der Waals surface area (Å²) in [7, 11) is 0. The summed E-state index contributed by atoms with van der Waals surface area (Å²) in [4.78, 5) is 51.2. The van der Waals surface area contributed by atoms with Crippen LogP contribution in [0.25, 0.3) is 6.08 Å². The summed E-state index contributed by atoms with van der Waals surface area (Å²) in [6, 6.07) is 13.2. The number of imide groups is 2. The summed E-state index contributed by atoms with van der Waals surface area (Å²) in [5.74, 6) is -1.82. The van der Waals surface area contributed by atoms with E-state index in [-0.39, 0.29) is 27.9 Å². The summed E-state index contributed by atoms with van der Waals surface area (Å²) >= 11 is 24.8. The van der Waals surface area contributed by atoms with Gasteiger partial charge in [-0.3, -0.25) is 19.7 Å². The first-order valence-electron chi connectivity index (χ1n) is 10.6. The van der Waals surface area contributed by atoms with E-state index in [1.165, 1.54) is 24.3 Å². The van der Waals surface area contributed by atoms with Gasteiger partial charge in [0.15, 0.2) is 6.61 Å². The first-order chi connectivity index (χ1) is 18.0. The Morgan fingerprint density at radius 2 is 1.63 bits per heavy atom. The van der Waals surface area contributed by atoms with Crippen molar-refractivity contribution in [2.45, 2.75) is 0 Å². The number of para-hydroxylation sites is 1. The van der Waals surface area contributed by atoms with Crippen molar-refractivity contribution < 1.29 is 23.9 Å². The number of carbonyl (C=O) groups excluding carboxylic acids is 4. The van der Waals surface area contributed by atoms with Crippen LogP contribution in [-0.4, -0.2) is 30.4 Å². The molecule has 0 bridgehead atoms. The zero-order valence-corrected chi connectivity index (χ0v) is 24.3. The lowest BCUT2D eigenvalue weighted by atomic mass is 10.1. The normalized spacial score (nSPS) is 14.5. The molecule has 1 aliphatic heterocycles. The highest BCUT2D eigenvalue weighted by molar-refractivity contribution is 9.11. The number of barbiturate groups is 1. The van der Waals surface area contributed by atoms with Crippen LogP contribution in [0, 0.1) is 0 Å². The van der Waals surface area contributed by atoms with Crippen molar-refractivity contribution in [1.29, 1.82) is 0 Å². The molecule has 2 N–H and O–H groups in total. The third-order valence-corrected chi connectivity index (χ3v) is 7.34. The minimum Gasteiger partial charge on any atom is -0.481 e. The lowest BCUT2D eigenvalue weighted by molar-refractivity contribution is -0.122. The number of hydrogen-bond acceptors (Lipinski definition) is 5. The van der Waals surface area contributed by atoms with Gasteiger partial charge in [0.2, 0.25) is 0 Å². The molecule has 1 saturated heterocycles. The molecule has 0 aliphatic carbocycles. The van der Waals surface area contributed by atoms with Crippen LogP contribution in [0.15, 0.2) is 69.1 Å². The molecule has 8 nitrogen and oxygen atoms in total. The minimum absolute atomic E-state index is 0.135. The van der Waals surface area contributed by atoms with Crippen molar-refractivity contribution in [1.82, 2.24) is 5.32 Å². The van der Waals surface area contributed by atoms with Gasteiger partial charge >= 0.3 is 6.03 Å². The lowest BCUT2D eigenvalue weighted by Crippen LogP contribution is -2.54. The Kier molecular flexibility index (Phi) is 8.79. The van der Waals surface area contributed by atoms with E-state index in [0.29, 0.717) is 31.0 Å². The molecule has 0 saturated carbocycles. The second-order valence-corrected chi connectivity index (χ2v) is 10.6. The molecule has 1 aliphatic rings. The smallest absolute Gasteiger partial charge is 0.335 e. The van der Waals surface area contributed by atoms with Gasteiger partial charge in [0, 0.05) is 0 Å². The number of nitrogens with one attached hydrogen (secondary N) is 2. The summed E-state index contributed by atoms with van der Waals surface area (Å²) in [5, 5.41) is 5.56. The van der Waals surface area contributed by atoms with Crippen molar-refractivity contribution in [2.75, 3.05) is 16.8 Å². The van der Waals surface area contributed by atoms with Gasteiger partial charge in [-0.05, 0) is 86.0 Å². The van der Waals surface area contributed by atoms with Crippen molar-refractivity contribution in [3.05, 3.63) is 89.7 Å². The number of hydrogen-bond donors (Lipinski definition) is 2. The molecule has 194 valence electrons. The summed E-state index contributed by atoms with van der Waals surface area (Å²) in [5.41, 5.74) is 0.731. The zero-order valence-electron chi connectivity index (χ0n) is 18.9. The molecule has 1 heterocycles. The number of carbonyl (C=O) groups is 4. The highest BCUT2D eigenvalue weighted by Gasteiger charge is 2.37. The SMILES string of the molecule is O=C(COc1c(Br)cc(/C=C2/C(=O)NC(=O)N(c3ccc(Cl)c(Cl)c3)C2=O)cc1Br)Nc1ccccc1Cl. The number of halogens is 5. The Hall–Kier alpha value is -2.89. The Bertz CT molecular complexity index is 1510. The number of nitrogens with zero attached hydrogens (tertiary/aromatic N) is 1. The number of anilines is 2. The zero-order chi connectivity index (χ0) is 27.6. The molecule has 38 heavy (non-hydrogen) atoms. The van der Waals surface area contributed by atoms with E-state index in [4.69, 9.17) is 39.5 Å². The third kappa shape index (κ3) is 6.22. The molecule has 13 heteroatoms. The summed E-state index contributed by atoms with van der Waals surface area (Å²) in [6.45, 7) is -0.315. The Morgan fingerprint density at radius 3 is 2.29 bits per heavy atom. The fourth-order valence-corrected chi connectivity index (χ4v) is 5.30. The van der Waals surface area contributed by atoms with Gasteiger partial charge in [0.1, 0.15) is 11.3 Å². The fraction of sp³-hybridized carbons (Fsp3) is 0.0400. The average Bonchev–Trinajstić information content (AvgIpc) is 2.85. The van der Waals surface area contributed by atoms with Gasteiger partial charge in [-0.15, -0.1) is 0 Å². The van der Waals surface area contributed by atoms with E-state index in [1.54, 1.807) is 36.4 Å². The highest BCUT2D eigenvalue weighted by atomic mass is 79.9. The van der Waals surface area contributed by atoms with Crippen LogP contribution in [0.1, 0.15) is 5.56 Å². The fourth-order valence-electron chi connectivity index (χ4n) is 3.37. The van der Waals surface area contributed by atoms with Crippen LogP contribution in [0.4, 0.5) is 16.2 Å². The maximum Gasteiger partial charge on any atom is 0.335 e. The Balaban J connectivity index is 1.54. The molecular weight excluding hydrogens is 688 g/mol. The lowest BCUT2D eigenvalue weighted by Gasteiger charge is -2.26. The third-order valence-electron chi connectivity index (χ3n) is 5.09. The molecule has 4 rings (SSSR count). The predicted octanol–water partition coefficient (Wildman–Crippen LogP) is 6.86. The van der Waals surface area contributed by atoms with Gasteiger partial charge in [-0.2, -0.15) is 0 Å². The predicted molar refractivity (Wildman–Crippen MR) is 153 cm³/mol. The first kappa shape index (κ1) is 28.1. The van der Waals surface area contributed by atoms with Crippen LogP contribution >= 0.6 is 66.7 Å². The molecule has 0 atom stereocenters. The van der Waals surface area contributed by atoms with E-state index >= 15 is 0 Å². The Labute approximate surface area is 248 Å². The van der Waals surface area contributed by atoms with Gasteiger partial charge in [-0.1, -0.05) is 46.9 Å². The van der Waals surface area contributed by atoms with Crippen LogP contribution in [0.2, 0.25) is 15.1 Å². The van der Waals surface area contributed by atoms with Crippen molar-refractivity contribution >= 4 is 108 Å². The average molecular weight is 703 g/mol. The number of benzene rings is 3. The van der Waals surface area contributed by atoms with Crippen molar-refractivity contribution in [3.63, 3.8) is 0 Å². The van der Waals surface area contributed by atoms with Gasteiger partial charge in [0.05, 0.1) is 35.4 Å². The van der Waals surface area contributed by atoms with E-state index < -0.39 is 23.8 Å². The summed E-state index contributed by atoms with van der Waals surface area (Å²) < 4.78 is 6.52. The van der Waals surface area contributed by atoms with Gasteiger partial charge in [-0.25, -0.2) is 9.69 Å². The largest absolute Gasteiger partial charge is 0.481 e. The maximum atomic E-state index is 13.1. The summed E-state index contributed by atoms with van der Waals surface area (Å²) in [6.07, 6.45) is 1.32. The highest BCUT2D eigenvalue weighted by Crippen LogP contribution is 2.36. The number of amides is 5. The second-order valence-electron chi connectivity index (χ2n) is 7.69.